The lowest BCUT2D eigenvalue weighted by atomic mass is 10.1. The van der Waals surface area contributed by atoms with Crippen LogP contribution in [0.15, 0.2) is 58.8 Å². The van der Waals surface area contributed by atoms with E-state index in [0.29, 0.717) is 17.2 Å². The molecule has 6 nitrogen and oxygen atoms in total. The van der Waals surface area contributed by atoms with Crippen molar-refractivity contribution in [2.45, 2.75) is 50.5 Å². The topological polar surface area (TPSA) is 79.4 Å². The zero-order chi connectivity index (χ0) is 22.7. The van der Waals surface area contributed by atoms with E-state index in [9.17, 15) is 13.2 Å². The van der Waals surface area contributed by atoms with Gasteiger partial charge in [-0.3, -0.25) is 10.1 Å². The lowest BCUT2D eigenvalue weighted by molar-refractivity contribution is 0.102. The second-order valence-electron chi connectivity index (χ2n) is 8.03. The molecule has 32 heavy (non-hydrogen) atoms. The Morgan fingerprint density at radius 1 is 1.12 bits per heavy atom. The summed E-state index contributed by atoms with van der Waals surface area (Å²) in [4.78, 5) is 17.4. The molecule has 0 radical (unpaired) electrons. The first-order valence-electron chi connectivity index (χ1n) is 10.9. The molecular formula is C24H27N3O3S2. The quantitative estimate of drug-likeness (QED) is 0.539. The van der Waals surface area contributed by atoms with Gasteiger partial charge in [0.05, 0.1) is 10.6 Å². The van der Waals surface area contributed by atoms with Crippen molar-refractivity contribution in [2.75, 3.05) is 11.9 Å². The van der Waals surface area contributed by atoms with Gasteiger partial charge in [-0.05, 0) is 56.0 Å². The van der Waals surface area contributed by atoms with Crippen LogP contribution >= 0.6 is 11.3 Å². The lowest BCUT2D eigenvalue weighted by Gasteiger charge is -2.32. The lowest BCUT2D eigenvalue weighted by Crippen LogP contribution is -2.41. The maximum Gasteiger partial charge on any atom is 0.257 e. The van der Waals surface area contributed by atoms with Crippen LogP contribution in [-0.2, 0) is 16.4 Å². The highest BCUT2D eigenvalue weighted by molar-refractivity contribution is 7.89. The number of piperidine rings is 1. The minimum Gasteiger partial charge on any atom is -0.298 e. The number of aryl methyl sites for hydroxylation is 1. The Hall–Kier alpha value is -2.55. The molecule has 3 aromatic rings. The summed E-state index contributed by atoms with van der Waals surface area (Å²) < 4.78 is 27.5. The van der Waals surface area contributed by atoms with Crippen molar-refractivity contribution in [1.29, 1.82) is 0 Å². The molecule has 2 heterocycles. The zero-order valence-corrected chi connectivity index (χ0v) is 19.9. The summed E-state index contributed by atoms with van der Waals surface area (Å²) in [5.74, 6) is -0.317. The van der Waals surface area contributed by atoms with Gasteiger partial charge in [-0.2, -0.15) is 4.31 Å². The number of anilines is 1. The number of thiazole rings is 1. The molecule has 168 valence electrons. The third-order valence-electron chi connectivity index (χ3n) is 5.85. The number of nitrogens with zero attached hydrogens (tertiary/aromatic N) is 2. The van der Waals surface area contributed by atoms with Crippen LogP contribution in [0, 0.1) is 0 Å². The van der Waals surface area contributed by atoms with Gasteiger partial charge in [-0.15, -0.1) is 11.3 Å². The normalized spacial score (nSPS) is 17.2. The Balaban J connectivity index is 1.45. The number of aromatic nitrogens is 1. The monoisotopic (exact) mass is 469 g/mol. The minimum absolute atomic E-state index is 0.00556. The van der Waals surface area contributed by atoms with E-state index in [1.54, 1.807) is 16.4 Å². The van der Waals surface area contributed by atoms with Crippen LogP contribution in [0.2, 0.25) is 0 Å². The molecule has 1 aliphatic rings. The van der Waals surface area contributed by atoms with Gasteiger partial charge in [0.1, 0.15) is 0 Å². The summed E-state index contributed by atoms with van der Waals surface area (Å²) in [7, 11) is -3.55. The Morgan fingerprint density at radius 3 is 2.50 bits per heavy atom. The van der Waals surface area contributed by atoms with E-state index in [0.717, 1.165) is 36.9 Å². The van der Waals surface area contributed by atoms with Crippen LogP contribution in [0.5, 0.6) is 0 Å². The molecule has 0 saturated carbocycles. The molecular weight excluding hydrogens is 442 g/mol. The second-order valence-corrected chi connectivity index (χ2v) is 10.8. The van der Waals surface area contributed by atoms with Crippen LogP contribution in [0.1, 0.15) is 49.0 Å². The van der Waals surface area contributed by atoms with Gasteiger partial charge >= 0.3 is 0 Å². The largest absolute Gasteiger partial charge is 0.298 e. The van der Waals surface area contributed by atoms with Crippen molar-refractivity contribution in [3.8, 4) is 11.3 Å². The Bertz CT molecular complexity index is 1190. The number of amides is 1. The summed E-state index contributed by atoms with van der Waals surface area (Å²) in [6, 6.07) is 14.3. The van der Waals surface area contributed by atoms with Gasteiger partial charge in [0.15, 0.2) is 5.13 Å². The van der Waals surface area contributed by atoms with Crippen molar-refractivity contribution in [1.82, 2.24) is 9.29 Å². The highest BCUT2D eigenvalue weighted by Crippen LogP contribution is 2.27. The van der Waals surface area contributed by atoms with Crippen LogP contribution in [0.25, 0.3) is 11.3 Å². The van der Waals surface area contributed by atoms with E-state index in [-0.39, 0.29) is 16.8 Å². The zero-order valence-electron chi connectivity index (χ0n) is 18.2. The molecule has 1 unspecified atom stereocenters. The van der Waals surface area contributed by atoms with E-state index < -0.39 is 10.0 Å². The second kappa shape index (κ2) is 9.52. The molecule has 0 aliphatic carbocycles. The molecule has 1 saturated heterocycles. The Kier molecular flexibility index (Phi) is 6.74. The predicted molar refractivity (Wildman–Crippen MR) is 129 cm³/mol. The number of sulfonamides is 1. The molecule has 0 bridgehead atoms. The first-order chi connectivity index (χ1) is 15.4. The maximum absolute atomic E-state index is 13.0. The number of rotatable bonds is 6. The first kappa shape index (κ1) is 22.6. The highest BCUT2D eigenvalue weighted by Gasteiger charge is 2.30. The third kappa shape index (κ3) is 4.77. The highest BCUT2D eigenvalue weighted by atomic mass is 32.2. The molecule has 2 aromatic carbocycles. The fourth-order valence-electron chi connectivity index (χ4n) is 3.89. The van der Waals surface area contributed by atoms with E-state index in [2.05, 4.69) is 29.4 Å². The smallest absolute Gasteiger partial charge is 0.257 e. The molecule has 1 aliphatic heterocycles. The minimum atomic E-state index is -3.55. The fourth-order valence-corrected chi connectivity index (χ4v) is 6.30. The molecule has 0 spiro atoms. The van der Waals surface area contributed by atoms with Crippen molar-refractivity contribution >= 4 is 32.4 Å². The van der Waals surface area contributed by atoms with E-state index in [1.165, 1.54) is 29.0 Å². The standard InChI is InChI=1S/C24H27N3O3S2/c1-3-18-7-9-19(10-8-18)22-16-31-24(25-22)26-23(28)20-11-13-21(14-12-20)32(29,30)27-15-5-4-6-17(27)2/h7-14,16-17H,3-6,15H2,1-2H3,(H,25,26,28). The van der Waals surface area contributed by atoms with E-state index in [4.69, 9.17) is 0 Å². The summed E-state index contributed by atoms with van der Waals surface area (Å²) in [5.41, 5.74) is 3.46. The summed E-state index contributed by atoms with van der Waals surface area (Å²) in [5, 5.41) is 5.22. The van der Waals surface area contributed by atoms with Crippen molar-refractivity contribution in [3.05, 3.63) is 65.0 Å². The third-order valence-corrected chi connectivity index (χ3v) is 8.63. The number of hydrogen-bond acceptors (Lipinski definition) is 5. The summed E-state index contributed by atoms with van der Waals surface area (Å²) in [6.07, 6.45) is 3.78. The molecule has 1 amide bonds. The van der Waals surface area contributed by atoms with Crippen molar-refractivity contribution in [2.24, 2.45) is 0 Å². The number of carbonyl (C=O) groups excluding carboxylic acids is 1. The van der Waals surface area contributed by atoms with Gasteiger partial charge in [0.2, 0.25) is 10.0 Å². The van der Waals surface area contributed by atoms with Gasteiger partial charge < -0.3 is 0 Å². The van der Waals surface area contributed by atoms with Crippen LogP contribution in [0.4, 0.5) is 5.13 Å². The van der Waals surface area contributed by atoms with Gasteiger partial charge in [0, 0.05) is 29.1 Å². The number of nitrogens with one attached hydrogen (secondary N) is 1. The number of hydrogen-bond donors (Lipinski definition) is 1. The molecule has 1 aromatic heterocycles. The predicted octanol–water partition coefficient (Wildman–Crippen LogP) is 5.19. The summed E-state index contributed by atoms with van der Waals surface area (Å²) >= 11 is 1.36. The van der Waals surface area contributed by atoms with E-state index in [1.807, 2.05) is 24.4 Å². The maximum atomic E-state index is 13.0. The first-order valence-corrected chi connectivity index (χ1v) is 13.2. The van der Waals surface area contributed by atoms with Gasteiger partial charge in [0.25, 0.3) is 5.91 Å². The molecule has 1 N–H and O–H groups in total. The summed E-state index contributed by atoms with van der Waals surface area (Å²) in [6.45, 7) is 4.60. The SMILES string of the molecule is CCc1ccc(-c2csc(NC(=O)c3ccc(S(=O)(=O)N4CCCCC4C)cc3)n2)cc1. The van der Waals surface area contributed by atoms with Crippen LogP contribution in [-0.4, -0.2) is 36.2 Å². The molecule has 1 fully saturated rings. The average Bonchev–Trinajstić information content (AvgIpc) is 3.28. The van der Waals surface area contributed by atoms with Crippen LogP contribution in [0.3, 0.4) is 0 Å². The number of benzene rings is 2. The van der Waals surface area contributed by atoms with E-state index >= 15 is 0 Å². The Morgan fingerprint density at radius 2 is 1.84 bits per heavy atom. The molecule has 1 atom stereocenters. The van der Waals surface area contributed by atoms with Crippen molar-refractivity contribution < 1.29 is 13.2 Å². The van der Waals surface area contributed by atoms with Crippen molar-refractivity contribution in [3.63, 3.8) is 0 Å². The van der Waals surface area contributed by atoms with Gasteiger partial charge in [-0.1, -0.05) is 37.6 Å². The fraction of sp³-hybridized carbons (Fsp3) is 0.333. The van der Waals surface area contributed by atoms with Gasteiger partial charge in [-0.25, -0.2) is 13.4 Å². The number of carbonyl (C=O) groups is 1. The average molecular weight is 470 g/mol. The Labute approximate surface area is 193 Å². The van der Waals surface area contributed by atoms with Crippen LogP contribution < -0.4 is 5.32 Å². The molecule has 8 heteroatoms. The molecule has 4 rings (SSSR count).